The molecular weight excluding hydrogens is 390 g/mol. The zero-order chi connectivity index (χ0) is 21.7. The van der Waals surface area contributed by atoms with Gasteiger partial charge in [-0.15, -0.1) is 0 Å². The van der Waals surface area contributed by atoms with Crippen LogP contribution in [0.3, 0.4) is 0 Å². The maximum Gasteiger partial charge on any atom is 0.410 e. The van der Waals surface area contributed by atoms with E-state index in [9.17, 15) is 18.4 Å². The molecule has 156 valence electrons. The molecule has 0 saturated carbocycles. The molecule has 0 aromatic heterocycles. The molecule has 7 heteroatoms. The molecule has 0 fully saturated rings. The summed E-state index contributed by atoms with van der Waals surface area (Å²) in [5.74, 6) is -2.70. The molecule has 1 N–H and O–H groups in total. The minimum atomic E-state index is -0.921. The number of carbonyl (C=O) groups excluding carboxylic acids is 2. The fourth-order valence-corrected chi connectivity index (χ4v) is 3.24. The summed E-state index contributed by atoms with van der Waals surface area (Å²) in [6, 6.07) is 10.2. The maximum absolute atomic E-state index is 13.8. The van der Waals surface area contributed by atoms with Crippen LogP contribution in [-0.4, -0.2) is 36.6 Å². The number of halogens is 2. The van der Waals surface area contributed by atoms with E-state index in [2.05, 4.69) is 11.9 Å². The number of benzene rings is 2. The Hall–Kier alpha value is -3.48. The molecule has 0 aliphatic carbocycles. The number of carbonyl (C=O) groups is 2. The van der Waals surface area contributed by atoms with E-state index in [1.54, 1.807) is 29.2 Å². The van der Waals surface area contributed by atoms with E-state index in [-0.39, 0.29) is 6.61 Å². The van der Waals surface area contributed by atoms with Gasteiger partial charge in [0.1, 0.15) is 23.8 Å². The van der Waals surface area contributed by atoms with Crippen molar-refractivity contribution in [2.75, 3.05) is 25.0 Å². The van der Waals surface area contributed by atoms with Crippen LogP contribution in [0.4, 0.5) is 19.3 Å². The maximum atomic E-state index is 13.8. The minimum absolute atomic E-state index is 0.157. The highest BCUT2D eigenvalue weighted by Crippen LogP contribution is 2.28. The van der Waals surface area contributed by atoms with E-state index >= 15 is 0 Å². The van der Waals surface area contributed by atoms with Crippen molar-refractivity contribution in [3.63, 3.8) is 0 Å². The minimum Gasteiger partial charge on any atom is -0.445 e. The normalized spacial score (nSPS) is 13.8. The fraction of sp³-hybridized carbons (Fsp3) is 0.217. The van der Waals surface area contributed by atoms with Crippen LogP contribution in [0.1, 0.15) is 29.3 Å². The Morgan fingerprint density at radius 2 is 1.83 bits per heavy atom. The smallest absolute Gasteiger partial charge is 0.410 e. The van der Waals surface area contributed by atoms with Crippen LogP contribution in [0.15, 0.2) is 60.7 Å². The lowest BCUT2D eigenvalue weighted by atomic mass is 9.95. The van der Waals surface area contributed by atoms with Crippen molar-refractivity contribution in [2.45, 2.75) is 13.3 Å². The number of hydrogen-bond acceptors (Lipinski definition) is 3. The first kappa shape index (κ1) is 21.2. The van der Waals surface area contributed by atoms with E-state index in [0.717, 1.165) is 35.3 Å². The first-order valence-electron chi connectivity index (χ1n) is 9.47. The van der Waals surface area contributed by atoms with E-state index in [1.807, 2.05) is 6.92 Å². The quantitative estimate of drug-likeness (QED) is 0.702. The van der Waals surface area contributed by atoms with Gasteiger partial charge in [0.2, 0.25) is 0 Å². The lowest BCUT2D eigenvalue weighted by molar-refractivity contribution is 0.101. The molecule has 0 radical (unpaired) electrons. The fourth-order valence-electron chi connectivity index (χ4n) is 3.24. The molecule has 1 heterocycles. The van der Waals surface area contributed by atoms with Crippen molar-refractivity contribution in [3.05, 3.63) is 83.5 Å². The van der Waals surface area contributed by atoms with Gasteiger partial charge in [0.15, 0.2) is 0 Å². The average Bonchev–Trinajstić information content (AvgIpc) is 2.73. The van der Waals surface area contributed by atoms with Crippen molar-refractivity contribution >= 4 is 23.3 Å². The highest BCUT2D eigenvalue weighted by Gasteiger charge is 2.23. The molecule has 0 spiro atoms. The summed E-state index contributed by atoms with van der Waals surface area (Å²) in [4.78, 5) is 26.0. The zero-order valence-corrected chi connectivity index (χ0v) is 16.6. The van der Waals surface area contributed by atoms with Gasteiger partial charge in [-0.3, -0.25) is 4.79 Å². The first-order valence-corrected chi connectivity index (χ1v) is 9.47. The van der Waals surface area contributed by atoms with Crippen molar-refractivity contribution in [2.24, 2.45) is 0 Å². The summed E-state index contributed by atoms with van der Waals surface area (Å²) in [7, 11) is 0. The van der Waals surface area contributed by atoms with Gasteiger partial charge in [-0.1, -0.05) is 36.4 Å². The summed E-state index contributed by atoms with van der Waals surface area (Å²) in [5.41, 5.74) is 2.83. The molecule has 30 heavy (non-hydrogen) atoms. The summed E-state index contributed by atoms with van der Waals surface area (Å²) in [5, 5.41) is 2.50. The summed E-state index contributed by atoms with van der Waals surface area (Å²) in [6.45, 7) is 6.69. The second-order valence-corrected chi connectivity index (χ2v) is 6.92. The van der Waals surface area contributed by atoms with Gasteiger partial charge in [-0.25, -0.2) is 13.6 Å². The van der Waals surface area contributed by atoms with Crippen LogP contribution >= 0.6 is 0 Å². The van der Waals surface area contributed by atoms with Crippen LogP contribution in [0.25, 0.3) is 5.57 Å². The number of ether oxygens (including phenoxy) is 1. The third-order valence-electron chi connectivity index (χ3n) is 4.88. The second kappa shape index (κ2) is 9.35. The Balaban J connectivity index is 1.72. The Morgan fingerprint density at radius 3 is 2.47 bits per heavy atom. The number of anilines is 1. The highest BCUT2D eigenvalue weighted by atomic mass is 19.1. The van der Waals surface area contributed by atoms with Gasteiger partial charge >= 0.3 is 6.09 Å². The van der Waals surface area contributed by atoms with Gasteiger partial charge < -0.3 is 15.0 Å². The topological polar surface area (TPSA) is 58.6 Å². The lowest BCUT2D eigenvalue weighted by Gasteiger charge is -2.29. The van der Waals surface area contributed by atoms with E-state index in [0.29, 0.717) is 18.8 Å². The number of amides is 2. The molecule has 2 aromatic rings. The number of hydrogen-bond donors (Lipinski definition) is 1. The SMILES string of the molecule is C=CCOC(=O)N1CCC(C)=C(c2ccc(NC(=O)c3c(F)cccc3F)cc2)C1. The van der Waals surface area contributed by atoms with Crippen LogP contribution in [-0.2, 0) is 4.74 Å². The predicted molar refractivity (Wildman–Crippen MR) is 111 cm³/mol. The van der Waals surface area contributed by atoms with E-state index in [1.165, 1.54) is 12.1 Å². The van der Waals surface area contributed by atoms with Crippen molar-refractivity contribution in [1.29, 1.82) is 0 Å². The molecular formula is C23H22F2N2O3. The molecule has 0 unspecified atom stereocenters. The zero-order valence-electron chi connectivity index (χ0n) is 16.6. The standard InChI is InChI=1S/C23H22F2N2O3/c1-3-13-30-23(29)27-12-11-15(2)18(14-27)16-7-9-17(10-8-16)26-22(28)21-19(24)5-4-6-20(21)25/h3-10H,1,11-14H2,2H3,(H,26,28). The van der Waals surface area contributed by atoms with Crippen LogP contribution in [0.5, 0.6) is 0 Å². The molecule has 0 saturated heterocycles. The summed E-state index contributed by atoms with van der Waals surface area (Å²) < 4.78 is 32.7. The van der Waals surface area contributed by atoms with Crippen LogP contribution in [0, 0.1) is 11.6 Å². The van der Waals surface area contributed by atoms with Gasteiger partial charge in [0, 0.05) is 18.8 Å². The predicted octanol–water partition coefficient (Wildman–Crippen LogP) is 5.02. The molecule has 2 aromatic carbocycles. The Morgan fingerprint density at radius 1 is 1.17 bits per heavy atom. The largest absolute Gasteiger partial charge is 0.445 e. The Kier molecular flexibility index (Phi) is 6.61. The molecule has 5 nitrogen and oxygen atoms in total. The second-order valence-electron chi connectivity index (χ2n) is 6.92. The summed E-state index contributed by atoms with van der Waals surface area (Å²) >= 11 is 0. The van der Waals surface area contributed by atoms with E-state index < -0.39 is 29.2 Å². The van der Waals surface area contributed by atoms with Gasteiger partial charge in [0.05, 0.1) is 0 Å². The lowest BCUT2D eigenvalue weighted by Crippen LogP contribution is -2.36. The van der Waals surface area contributed by atoms with Crippen molar-refractivity contribution in [1.82, 2.24) is 4.90 Å². The third kappa shape index (κ3) is 4.74. The Labute approximate surface area is 173 Å². The number of nitrogens with zero attached hydrogens (tertiary/aromatic N) is 1. The molecule has 2 amide bonds. The van der Waals surface area contributed by atoms with Crippen molar-refractivity contribution in [3.8, 4) is 0 Å². The molecule has 0 atom stereocenters. The number of nitrogens with one attached hydrogen (secondary N) is 1. The van der Waals surface area contributed by atoms with Crippen LogP contribution < -0.4 is 5.32 Å². The molecule has 3 rings (SSSR count). The van der Waals surface area contributed by atoms with Crippen molar-refractivity contribution < 1.29 is 23.1 Å². The van der Waals surface area contributed by atoms with Gasteiger partial charge in [-0.2, -0.15) is 0 Å². The average molecular weight is 412 g/mol. The van der Waals surface area contributed by atoms with Gasteiger partial charge in [-0.05, 0) is 48.7 Å². The highest BCUT2D eigenvalue weighted by molar-refractivity contribution is 6.04. The van der Waals surface area contributed by atoms with Gasteiger partial charge in [0.25, 0.3) is 5.91 Å². The third-order valence-corrected chi connectivity index (χ3v) is 4.88. The monoisotopic (exact) mass is 412 g/mol. The molecule has 1 aliphatic rings. The molecule has 0 bridgehead atoms. The summed E-state index contributed by atoms with van der Waals surface area (Å²) in [6.07, 6.45) is 1.85. The van der Waals surface area contributed by atoms with E-state index in [4.69, 9.17) is 4.74 Å². The number of rotatable bonds is 5. The Bertz CT molecular complexity index is 980. The molecule has 1 aliphatic heterocycles. The first-order chi connectivity index (χ1) is 14.4. The van der Waals surface area contributed by atoms with Crippen LogP contribution in [0.2, 0.25) is 0 Å².